The summed E-state index contributed by atoms with van der Waals surface area (Å²) in [6.07, 6.45) is 6.18. The minimum Gasteiger partial charge on any atom is -0.481 e. The number of carbonyl (C=O) groups excluding carboxylic acids is 2. The molecule has 0 heterocycles. The van der Waals surface area contributed by atoms with Gasteiger partial charge in [0.15, 0.2) is 0 Å². The Labute approximate surface area is 171 Å². The van der Waals surface area contributed by atoms with Gasteiger partial charge in [0.1, 0.15) is 6.10 Å². The summed E-state index contributed by atoms with van der Waals surface area (Å²) in [5.41, 5.74) is 1.10. The lowest BCUT2D eigenvalue weighted by molar-refractivity contribution is -0.160. The zero-order valence-corrected chi connectivity index (χ0v) is 17.4. The van der Waals surface area contributed by atoms with E-state index in [1.54, 1.807) is 0 Å². The van der Waals surface area contributed by atoms with Gasteiger partial charge in [-0.15, -0.1) is 0 Å². The van der Waals surface area contributed by atoms with Crippen LogP contribution in [0.25, 0.3) is 0 Å². The molecule has 2 rings (SSSR count). The number of ether oxygens (including phenoxy) is 2. The summed E-state index contributed by atoms with van der Waals surface area (Å²) in [5, 5.41) is 18.3. The van der Waals surface area contributed by atoms with Crippen LogP contribution in [0.1, 0.15) is 52.9 Å². The minimum atomic E-state index is -1.27. The van der Waals surface area contributed by atoms with E-state index < -0.39 is 24.5 Å². The molecule has 0 aromatic heterocycles. The van der Waals surface area contributed by atoms with Crippen LogP contribution in [0.5, 0.6) is 0 Å². The molecule has 2 aliphatic carbocycles. The zero-order valence-electron chi connectivity index (χ0n) is 17.4. The Hall–Kier alpha value is -2.15. The summed E-state index contributed by atoms with van der Waals surface area (Å²) in [4.78, 5) is 35.0. The molecular weight excluding hydrogens is 376 g/mol. The molecule has 0 aromatic carbocycles. The zero-order chi connectivity index (χ0) is 21.6. The van der Waals surface area contributed by atoms with Crippen LogP contribution in [0.4, 0.5) is 0 Å². The molecule has 0 amide bonds. The van der Waals surface area contributed by atoms with Gasteiger partial charge in [0.25, 0.3) is 0 Å². The maximum absolute atomic E-state index is 12.4. The van der Waals surface area contributed by atoms with Gasteiger partial charge in [-0.3, -0.25) is 14.4 Å². The Balaban J connectivity index is 2.04. The lowest BCUT2D eigenvalue weighted by Crippen LogP contribution is -2.42. The molecule has 0 unspecified atom stereocenters. The second-order valence-corrected chi connectivity index (χ2v) is 8.11. The van der Waals surface area contributed by atoms with Gasteiger partial charge in [-0.05, 0) is 30.8 Å². The Morgan fingerprint density at radius 1 is 1.28 bits per heavy atom. The van der Waals surface area contributed by atoms with Gasteiger partial charge >= 0.3 is 17.9 Å². The Kier molecular flexibility index (Phi) is 8.44. The number of allylic oxidation sites excluding steroid dienone is 3. The fraction of sp³-hybridized carbons (Fsp3) is 0.682. The second-order valence-electron chi connectivity index (χ2n) is 8.11. The van der Waals surface area contributed by atoms with E-state index in [2.05, 4.69) is 18.2 Å². The maximum Gasteiger partial charge on any atom is 0.308 e. The quantitative estimate of drug-likeness (QED) is 0.565. The van der Waals surface area contributed by atoms with E-state index in [1.807, 2.05) is 20.8 Å². The lowest BCUT2D eigenvalue weighted by atomic mass is 9.68. The van der Waals surface area contributed by atoms with Crippen molar-refractivity contribution in [3.63, 3.8) is 0 Å². The topological polar surface area (TPSA) is 110 Å². The third-order valence-corrected chi connectivity index (χ3v) is 5.88. The molecule has 0 fully saturated rings. The highest BCUT2D eigenvalue weighted by molar-refractivity contribution is 5.73. The van der Waals surface area contributed by atoms with E-state index >= 15 is 0 Å². The number of hydrogen-bond donors (Lipinski definition) is 2. The van der Waals surface area contributed by atoms with E-state index in [1.165, 1.54) is 0 Å². The summed E-state index contributed by atoms with van der Waals surface area (Å²) in [6, 6.07) is 0. The molecule has 0 spiro atoms. The Morgan fingerprint density at radius 3 is 2.66 bits per heavy atom. The van der Waals surface area contributed by atoms with Crippen LogP contribution < -0.4 is 0 Å². The van der Waals surface area contributed by atoms with Crippen LogP contribution in [0.15, 0.2) is 23.8 Å². The number of aliphatic carboxylic acids is 1. The average molecular weight is 408 g/mol. The van der Waals surface area contributed by atoms with E-state index in [-0.39, 0.29) is 48.8 Å². The molecule has 0 saturated carbocycles. The van der Waals surface area contributed by atoms with Crippen molar-refractivity contribution in [2.75, 3.05) is 6.61 Å². The number of rotatable bonds is 9. The molecule has 6 atom stereocenters. The van der Waals surface area contributed by atoms with Crippen molar-refractivity contribution in [2.45, 2.75) is 65.1 Å². The van der Waals surface area contributed by atoms with Crippen LogP contribution in [0.3, 0.4) is 0 Å². The van der Waals surface area contributed by atoms with Gasteiger partial charge in [-0.1, -0.05) is 39.0 Å². The molecule has 0 aromatic rings. The third-order valence-electron chi connectivity index (χ3n) is 5.88. The summed E-state index contributed by atoms with van der Waals surface area (Å²) >= 11 is 0. The largest absolute Gasteiger partial charge is 0.481 e. The van der Waals surface area contributed by atoms with Crippen molar-refractivity contribution in [1.82, 2.24) is 0 Å². The van der Waals surface area contributed by atoms with Gasteiger partial charge in [-0.2, -0.15) is 0 Å². The van der Waals surface area contributed by atoms with Crippen LogP contribution in [0, 0.1) is 23.7 Å². The highest BCUT2D eigenvalue weighted by Crippen LogP contribution is 2.41. The number of esters is 2. The number of carboxylic acid groups (broad SMARTS) is 1. The molecule has 2 N–H and O–H groups in total. The van der Waals surface area contributed by atoms with Crippen LogP contribution in [-0.2, 0) is 23.9 Å². The van der Waals surface area contributed by atoms with E-state index in [0.29, 0.717) is 0 Å². The molecule has 162 valence electrons. The molecular formula is C22H32O7. The molecule has 7 heteroatoms. The fourth-order valence-corrected chi connectivity index (χ4v) is 3.91. The van der Waals surface area contributed by atoms with Crippen LogP contribution in [0.2, 0.25) is 0 Å². The Bertz CT molecular complexity index is 666. The fourth-order valence-electron chi connectivity index (χ4n) is 3.91. The van der Waals surface area contributed by atoms with Crippen LogP contribution >= 0.6 is 0 Å². The first-order chi connectivity index (χ1) is 13.7. The van der Waals surface area contributed by atoms with Gasteiger partial charge in [0, 0.05) is 11.8 Å². The number of carboxylic acids is 1. The Morgan fingerprint density at radius 2 is 2.00 bits per heavy atom. The first-order valence-electron chi connectivity index (χ1n) is 10.4. The monoisotopic (exact) mass is 408 g/mol. The second kappa shape index (κ2) is 10.6. The smallest absolute Gasteiger partial charge is 0.308 e. The van der Waals surface area contributed by atoms with Crippen molar-refractivity contribution < 1.29 is 34.1 Å². The molecule has 0 saturated heterocycles. The van der Waals surface area contributed by atoms with Crippen molar-refractivity contribution in [3.05, 3.63) is 23.8 Å². The standard InChI is InChI=1S/C22H32O7/c1-4-13(2)22(27)29-18-7-5-6-15-9-8-14(3)17(21(15)18)12-28-20(26)11-16(23)10-19(24)25/h6,8-9,13-14,16-18,21,23H,4-5,7,10-12H2,1-3H3,(H,24,25)/t13-,14+,16+,17+,18+,21+/m0/s1. The number of aliphatic hydroxyl groups excluding tert-OH is 1. The minimum absolute atomic E-state index is 0.0477. The molecule has 0 radical (unpaired) electrons. The van der Waals surface area contributed by atoms with E-state index in [0.717, 1.165) is 24.8 Å². The van der Waals surface area contributed by atoms with Crippen molar-refractivity contribution in [1.29, 1.82) is 0 Å². The first kappa shape index (κ1) is 23.1. The number of fused-ring (bicyclic) bond motifs is 1. The summed E-state index contributed by atoms with van der Waals surface area (Å²) in [5.74, 6) is -2.14. The molecule has 0 bridgehead atoms. The molecule has 7 nitrogen and oxygen atoms in total. The summed E-state index contributed by atoms with van der Waals surface area (Å²) in [6.45, 7) is 5.97. The highest BCUT2D eigenvalue weighted by atomic mass is 16.5. The number of hydrogen-bond acceptors (Lipinski definition) is 6. The van der Waals surface area contributed by atoms with E-state index in [9.17, 15) is 19.5 Å². The first-order valence-corrected chi connectivity index (χ1v) is 10.4. The number of aliphatic hydroxyl groups is 1. The van der Waals surface area contributed by atoms with Gasteiger partial charge in [0.2, 0.25) is 0 Å². The van der Waals surface area contributed by atoms with Gasteiger partial charge < -0.3 is 19.7 Å². The SMILES string of the molecule is CC[C@H](C)C(=O)O[C@@H]1CCC=C2C=C[C@@H](C)[C@@H](COC(=O)C[C@H](O)CC(=O)O)[C@@H]21. The molecule has 2 aliphatic rings. The van der Waals surface area contributed by atoms with Gasteiger partial charge in [-0.25, -0.2) is 0 Å². The molecule has 0 aliphatic heterocycles. The third kappa shape index (κ3) is 6.42. The van der Waals surface area contributed by atoms with Crippen molar-refractivity contribution >= 4 is 17.9 Å². The number of carbonyl (C=O) groups is 3. The van der Waals surface area contributed by atoms with Crippen molar-refractivity contribution in [3.8, 4) is 0 Å². The van der Waals surface area contributed by atoms with Crippen LogP contribution in [-0.4, -0.2) is 46.9 Å². The predicted molar refractivity (Wildman–Crippen MR) is 106 cm³/mol. The molecule has 29 heavy (non-hydrogen) atoms. The lowest BCUT2D eigenvalue weighted by Gasteiger charge is -2.41. The van der Waals surface area contributed by atoms with E-state index in [4.69, 9.17) is 14.6 Å². The highest BCUT2D eigenvalue weighted by Gasteiger charge is 2.41. The maximum atomic E-state index is 12.4. The van der Waals surface area contributed by atoms with Crippen molar-refractivity contribution in [2.24, 2.45) is 23.7 Å². The average Bonchev–Trinajstić information content (AvgIpc) is 2.66. The van der Waals surface area contributed by atoms with Gasteiger partial charge in [0.05, 0.1) is 31.5 Å². The normalized spacial score (nSPS) is 27.9. The predicted octanol–water partition coefficient (Wildman–Crippen LogP) is 2.87. The summed E-state index contributed by atoms with van der Waals surface area (Å²) < 4.78 is 11.2. The summed E-state index contributed by atoms with van der Waals surface area (Å²) in [7, 11) is 0.